The van der Waals surface area contributed by atoms with Gasteiger partial charge in [0.2, 0.25) is 0 Å². The van der Waals surface area contributed by atoms with Crippen LogP contribution in [0.25, 0.3) is 0 Å². The lowest BCUT2D eigenvalue weighted by Crippen LogP contribution is -2.67. The number of ether oxygens (including phenoxy) is 4. The first-order chi connectivity index (χ1) is 33.2. The lowest BCUT2D eigenvalue weighted by atomic mass is 9.84. The Labute approximate surface area is 411 Å². The van der Waals surface area contributed by atoms with E-state index in [1.54, 1.807) is 0 Å². The van der Waals surface area contributed by atoms with Crippen LogP contribution in [0.4, 0.5) is 0 Å². The van der Waals surface area contributed by atoms with E-state index in [1.807, 2.05) is 0 Å². The standard InChI is InChI=1S/C50H91O18P/c1-3-5-7-9-11-13-15-17-18-19-21-22-24-26-28-30-32-39(52)63-35-37(65-40(53)33-31-29-27-25-23-20-16-14-12-10-8-6-4-2)36-64-69(61,62)68-49-46(59)44(57)43(56)45(58)48(49)67-50-47(60)42(55)41(54)38(34-51)66-50/h8,10,14,16,37-38,41-51,54-60H,3-7,9,11-13,15,17-36H2,1-2H3,(H,61,62)/b10-8-,16-14-/t37-,38?,41-,42?,43-,44?,45?,46?,47-,48-,49-,50-/m1/s1. The number of unbranched alkanes of at least 4 members (excludes halogenated alkanes) is 21. The van der Waals surface area contributed by atoms with Crippen molar-refractivity contribution in [1.29, 1.82) is 0 Å². The van der Waals surface area contributed by atoms with E-state index in [2.05, 4.69) is 38.2 Å². The van der Waals surface area contributed by atoms with Crippen LogP contribution < -0.4 is 0 Å². The Morgan fingerprint density at radius 3 is 1.57 bits per heavy atom. The molecule has 1 saturated heterocycles. The van der Waals surface area contributed by atoms with Gasteiger partial charge in [-0.3, -0.25) is 18.6 Å². The molecule has 0 aromatic carbocycles. The molecule has 0 aromatic heterocycles. The van der Waals surface area contributed by atoms with Crippen LogP contribution in [0.15, 0.2) is 24.3 Å². The molecule has 19 heteroatoms. The molecular weight excluding hydrogens is 920 g/mol. The molecule has 0 radical (unpaired) electrons. The van der Waals surface area contributed by atoms with Gasteiger partial charge in [-0.05, 0) is 38.5 Å². The topological polar surface area (TPSA) is 289 Å². The van der Waals surface area contributed by atoms with Crippen LogP contribution in [0, 0.1) is 0 Å². The van der Waals surface area contributed by atoms with Gasteiger partial charge in [0.15, 0.2) is 12.4 Å². The molecule has 0 bridgehead atoms. The maximum atomic E-state index is 13.4. The van der Waals surface area contributed by atoms with Crippen molar-refractivity contribution < 1.29 is 87.9 Å². The van der Waals surface area contributed by atoms with E-state index in [-0.39, 0.29) is 12.8 Å². The van der Waals surface area contributed by atoms with Crippen LogP contribution >= 0.6 is 7.82 Å². The van der Waals surface area contributed by atoms with E-state index >= 15 is 0 Å². The van der Waals surface area contributed by atoms with Gasteiger partial charge in [-0.15, -0.1) is 0 Å². The Morgan fingerprint density at radius 2 is 1.03 bits per heavy atom. The summed E-state index contributed by atoms with van der Waals surface area (Å²) in [5.74, 6) is -1.23. The zero-order valence-electron chi connectivity index (χ0n) is 41.6. The maximum absolute atomic E-state index is 13.4. The number of rotatable bonds is 40. The largest absolute Gasteiger partial charge is 0.472 e. The van der Waals surface area contributed by atoms with Gasteiger partial charge in [0.05, 0.1) is 13.2 Å². The summed E-state index contributed by atoms with van der Waals surface area (Å²) in [5.41, 5.74) is 0. The smallest absolute Gasteiger partial charge is 0.462 e. The van der Waals surface area contributed by atoms with E-state index in [0.29, 0.717) is 12.8 Å². The van der Waals surface area contributed by atoms with Crippen LogP contribution in [-0.2, 0) is 42.1 Å². The van der Waals surface area contributed by atoms with Crippen LogP contribution in [0.1, 0.15) is 187 Å². The second-order valence-corrected chi connectivity index (χ2v) is 20.1. The number of allylic oxidation sites excluding steroid dienone is 4. The average molecular weight is 1010 g/mol. The second-order valence-electron chi connectivity index (χ2n) is 18.7. The number of phosphoric acid groups is 1. The van der Waals surface area contributed by atoms with E-state index < -0.39 is 113 Å². The molecular formula is C50H91O18P. The van der Waals surface area contributed by atoms with Gasteiger partial charge in [0, 0.05) is 12.8 Å². The predicted octanol–water partition coefficient (Wildman–Crippen LogP) is 6.27. The van der Waals surface area contributed by atoms with Crippen molar-refractivity contribution in [3.63, 3.8) is 0 Å². The first-order valence-electron chi connectivity index (χ1n) is 26.2. The SMILES string of the molecule is CCC/C=C\C/C=C\CCCCCCCC(=O)O[C@H](COC(=O)CCCCCCCCCCCCCCCCCC)COP(=O)(O)O[C@@H]1C(O)C(O)[C@@H](O)C(O)[C@H]1O[C@H]1OC(CO)[C@@H](O)C(O)[C@H]1O. The molecule has 0 amide bonds. The number of carbonyl (C=O) groups is 2. The molecule has 1 saturated carbocycles. The van der Waals surface area contributed by atoms with E-state index in [4.69, 9.17) is 28.0 Å². The molecule has 2 fully saturated rings. The highest BCUT2D eigenvalue weighted by atomic mass is 31.2. The minimum atomic E-state index is -5.38. The summed E-state index contributed by atoms with van der Waals surface area (Å²) in [6, 6.07) is 0. The molecule has 1 heterocycles. The highest BCUT2D eigenvalue weighted by molar-refractivity contribution is 7.47. The molecule has 0 aromatic rings. The molecule has 2 rings (SSSR count). The summed E-state index contributed by atoms with van der Waals surface area (Å²) in [4.78, 5) is 36.6. The summed E-state index contributed by atoms with van der Waals surface area (Å²) in [5, 5.41) is 83.0. The van der Waals surface area contributed by atoms with Crippen LogP contribution in [-0.4, -0.2) is 151 Å². The van der Waals surface area contributed by atoms with Gasteiger partial charge in [0.1, 0.15) is 67.6 Å². The maximum Gasteiger partial charge on any atom is 0.472 e. The number of esters is 2. The molecule has 6 unspecified atom stereocenters. The quantitative estimate of drug-likeness (QED) is 0.0141. The highest BCUT2D eigenvalue weighted by Crippen LogP contribution is 2.48. The van der Waals surface area contributed by atoms with Crippen molar-refractivity contribution >= 4 is 19.8 Å². The number of aliphatic hydroxyl groups excluding tert-OH is 8. The number of aliphatic hydroxyl groups is 8. The van der Waals surface area contributed by atoms with Gasteiger partial charge in [-0.2, -0.15) is 0 Å². The molecule has 1 aliphatic carbocycles. The van der Waals surface area contributed by atoms with Crippen LogP contribution in [0.5, 0.6) is 0 Å². The highest BCUT2D eigenvalue weighted by Gasteiger charge is 2.55. The van der Waals surface area contributed by atoms with Crippen molar-refractivity contribution in [3.8, 4) is 0 Å². The monoisotopic (exact) mass is 1010 g/mol. The number of carbonyl (C=O) groups excluding carboxylic acids is 2. The summed E-state index contributed by atoms with van der Waals surface area (Å²) < 4.78 is 45.5. The number of phosphoric ester groups is 1. The van der Waals surface area contributed by atoms with Crippen LogP contribution in [0.3, 0.4) is 0 Å². The van der Waals surface area contributed by atoms with Gasteiger partial charge in [-0.25, -0.2) is 4.57 Å². The fourth-order valence-corrected chi connectivity index (χ4v) is 9.30. The lowest BCUT2D eigenvalue weighted by molar-refractivity contribution is -0.338. The molecule has 1 aliphatic heterocycles. The summed E-state index contributed by atoms with van der Waals surface area (Å²) in [6.45, 7) is 2.16. The number of hydrogen-bond donors (Lipinski definition) is 9. The van der Waals surface area contributed by atoms with Gasteiger partial charge in [0.25, 0.3) is 0 Å². The van der Waals surface area contributed by atoms with E-state index in [1.165, 1.54) is 70.6 Å². The molecule has 9 N–H and O–H groups in total. The normalized spacial score (nSPS) is 27.7. The lowest BCUT2D eigenvalue weighted by Gasteiger charge is -2.47. The third kappa shape index (κ3) is 26.6. The summed E-state index contributed by atoms with van der Waals surface area (Å²) in [6.07, 6.45) is 12.6. The first kappa shape index (κ1) is 63.2. The van der Waals surface area contributed by atoms with Gasteiger partial charge >= 0.3 is 19.8 Å². The van der Waals surface area contributed by atoms with Crippen LogP contribution in [0.2, 0.25) is 0 Å². The Morgan fingerprint density at radius 1 is 0.551 bits per heavy atom. The fourth-order valence-electron chi connectivity index (χ4n) is 8.33. The summed E-state index contributed by atoms with van der Waals surface area (Å²) in [7, 11) is -5.38. The Balaban J connectivity index is 1.93. The van der Waals surface area contributed by atoms with Gasteiger partial charge < -0.3 is 64.7 Å². The third-order valence-electron chi connectivity index (χ3n) is 12.6. The van der Waals surface area contributed by atoms with Crippen molar-refractivity contribution in [2.75, 3.05) is 19.8 Å². The Kier molecular flexibility index (Phi) is 34.7. The van der Waals surface area contributed by atoms with Gasteiger partial charge in [-0.1, -0.05) is 160 Å². The first-order valence-corrected chi connectivity index (χ1v) is 27.7. The van der Waals surface area contributed by atoms with E-state index in [9.17, 15) is 59.9 Å². The van der Waals surface area contributed by atoms with Crippen molar-refractivity contribution in [1.82, 2.24) is 0 Å². The average Bonchev–Trinajstić information content (AvgIpc) is 3.33. The Bertz CT molecular complexity index is 1430. The minimum absolute atomic E-state index is 0.0181. The fraction of sp³-hybridized carbons (Fsp3) is 0.880. The van der Waals surface area contributed by atoms with Crippen molar-refractivity contribution in [2.24, 2.45) is 0 Å². The third-order valence-corrected chi connectivity index (χ3v) is 13.6. The molecule has 0 spiro atoms. The molecule has 69 heavy (non-hydrogen) atoms. The van der Waals surface area contributed by atoms with Crippen molar-refractivity contribution in [3.05, 3.63) is 24.3 Å². The minimum Gasteiger partial charge on any atom is -0.462 e. The number of hydrogen-bond acceptors (Lipinski definition) is 17. The van der Waals surface area contributed by atoms with Crippen molar-refractivity contribution in [2.45, 2.75) is 261 Å². The molecule has 404 valence electrons. The predicted molar refractivity (Wildman–Crippen MR) is 258 cm³/mol. The van der Waals surface area contributed by atoms with E-state index in [0.717, 1.165) is 77.0 Å². The molecule has 18 nitrogen and oxygen atoms in total. The molecule has 2 aliphatic rings. The zero-order chi connectivity index (χ0) is 50.9. The molecule has 13 atom stereocenters. The summed E-state index contributed by atoms with van der Waals surface area (Å²) >= 11 is 0. The Hall–Kier alpha value is -1.87. The second kappa shape index (κ2) is 37.8. The zero-order valence-corrected chi connectivity index (χ0v) is 42.5.